The molecule has 0 aromatic carbocycles. The van der Waals surface area contributed by atoms with Gasteiger partial charge in [0.2, 0.25) is 0 Å². The van der Waals surface area contributed by atoms with Crippen molar-refractivity contribution in [3.05, 3.63) is 0 Å². The lowest BCUT2D eigenvalue weighted by Gasteiger charge is -2.18. The molecule has 0 aliphatic rings. The van der Waals surface area contributed by atoms with Crippen LogP contribution in [0.15, 0.2) is 0 Å². The van der Waals surface area contributed by atoms with E-state index in [1.54, 1.807) is 7.11 Å². The monoisotopic (exact) mass is 179 g/mol. The van der Waals surface area contributed by atoms with Crippen molar-refractivity contribution < 1.29 is 4.74 Å². The summed E-state index contributed by atoms with van der Waals surface area (Å²) in [6.45, 7) is 5.94. The van der Waals surface area contributed by atoms with Crippen molar-refractivity contribution in [2.24, 2.45) is 5.92 Å². The molecule has 0 fully saturated rings. The van der Waals surface area contributed by atoms with E-state index in [2.05, 4.69) is 19.2 Å². The van der Waals surface area contributed by atoms with E-state index < -0.39 is 0 Å². The number of methoxy groups -OCH3 is 1. The number of nitrogens with one attached hydrogen (secondary N) is 1. The molecule has 0 aromatic rings. The maximum atomic E-state index is 5.69. The third-order valence-electron chi connectivity index (χ3n) is 1.87. The molecular formula is C8H18ClNO. The summed E-state index contributed by atoms with van der Waals surface area (Å²) < 4.78 is 4.91. The highest BCUT2D eigenvalue weighted by molar-refractivity contribution is 6.18. The molecular weight excluding hydrogens is 162 g/mol. The number of ether oxygens (including phenoxy) is 1. The second kappa shape index (κ2) is 6.89. The summed E-state index contributed by atoms with van der Waals surface area (Å²) in [5, 5.41) is 3.32. The predicted octanol–water partition coefficient (Wildman–Crippen LogP) is 1.49. The number of hydrogen-bond acceptors (Lipinski definition) is 2. The average molecular weight is 180 g/mol. The van der Waals surface area contributed by atoms with Gasteiger partial charge in [0.15, 0.2) is 0 Å². The minimum atomic E-state index is 0.475. The highest BCUT2D eigenvalue weighted by atomic mass is 35.5. The molecule has 11 heavy (non-hydrogen) atoms. The van der Waals surface area contributed by atoms with Crippen LogP contribution in [0.3, 0.4) is 0 Å². The molecule has 2 unspecified atom stereocenters. The molecule has 1 N–H and O–H groups in total. The van der Waals surface area contributed by atoms with Gasteiger partial charge in [-0.1, -0.05) is 6.92 Å². The Hall–Kier alpha value is 0.210. The van der Waals surface area contributed by atoms with E-state index in [1.165, 1.54) is 0 Å². The molecule has 0 amide bonds. The summed E-state index contributed by atoms with van der Waals surface area (Å²) in [6.07, 6.45) is 0. The van der Waals surface area contributed by atoms with E-state index in [0.717, 1.165) is 13.2 Å². The van der Waals surface area contributed by atoms with Gasteiger partial charge in [-0.2, -0.15) is 0 Å². The van der Waals surface area contributed by atoms with E-state index in [0.29, 0.717) is 17.8 Å². The summed E-state index contributed by atoms with van der Waals surface area (Å²) in [5.74, 6) is 1.23. The van der Waals surface area contributed by atoms with E-state index in [4.69, 9.17) is 16.3 Å². The number of alkyl halides is 1. The lowest BCUT2D eigenvalue weighted by atomic mass is 10.1. The first-order valence-corrected chi connectivity index (χ1v) is 4.54. The fraction of sp³-hybridized carbons (Fsp3) is 1.00. The molecule has 0 aliphatic carbocycles. The first-order valence-electron chi connectivity index (χ1n) is 4.00. The molecule has 0 saturated heterocycles. The Morgan fingerprint density at radius 3 is 2.55 bits per heavy atom. The van der Waals surface area contributed by atoms with Crippen molar-refractivity contribution in [3.63, 3.8) is 0 Å². The molecule has 0 aromatic heterocycles. The topological polar surface area (TPSA) is 21.3 Å². The highest BCUT2D eigenvalue weighted by Gasteiger charge is 2.08. The van der Waals surface area contributed by atoms with E-state index >= 15 is 0 Å². The molecule has 68 valence electrons. The molecule has 0 spiro atoms. The van der Waals surface area contributed by atoms with Crippen molar-refractivity contribution in [1.29, 1.82) is 0 Å². The van der Waals surface area contributed by atoms with Crippen LogP contribution in [0.4, 0.5) is 0 Å². The quantitative estimate of drug-likeness (QED) is 0.493. The zero-order valence-corrected chi connectivity index (χ0v) is 8.32. The third-order valence-corrected chi connectivity index (χ3v) is 2.36. The molecule has 3 heteroatoms. The van der Waals surface area contributed by atoms with Gasteiger partial charge in [-0.05, 0) is 12.8 Å². The van der Waals surface area contributed by atoms with Crippen LogP contribution >= 0.6 is 11.6 Å². The summed E-state index contributed by atoms with van der Waals surface area (Å²) >= 11 is 5.69. The molecule has 2 nitrogen and oxygen atoms in total. The van der Waals surface area contributed by atoms with Gasteiger partial charge in [0.25, 0.3) is 0 Å². The van der Waals surface area contributed by atoms with Gasteiger partial charge in [-0.25, -0.2) is 0 Å². The van der Waals surface area contributed by atoms with Crippen molar-refractivity contribution in [2.45, 2.75) is 19.9 Å². The van der Waals surface area contributed by atoms with Gasteiger partial charge in [-0.3, -0.25) is 0 Å². The van der Waals surface area contributed by atoms with Crippen LogP contribution < -0.4 is 5.32 Å². The molecule has 0 bridgehead atoms. The van der Waals surface area contributed by atoms with Gasteiger partial charge >= 0.3 is 0 Å². The van der Waals surface area contributed by atoms with Gasteiger partial charge in [0.05, 0.1) is 6.61 Å². The van der Waals surface area contributed by atoms with Crippen LogP contribution in [0.1, 0.15) is 13.8 Å². The van der Waals surface area contributed by atoms with Gasteiger partial charge in [0, 0.05) is 25.6 Å². The maximum Gasteiger partial charge on any atom is 0.0587 e. The van der Waals surface area contributed by atoms with E-state index in [-0.39, 0.29) is 0 Å². The highest BCUT2D eigenvalue weighted by Crippen LogP contribution is 2.03. The fourth-order valence-corrected chi connectivity index (χ4v) is 0.991. The van der Waals surface area contributed by atoms with Crippen molar-refractivity contribution >= 4 is 11.6 Å². The van der Waals surface area contributed by atoms with Crippen molar-refractivity contribution in [1.82, 2.24) is 5.32 Å². The Kier molecular flexibility index (Phi) is 7.02. The average Bonchev–Trinajstić information content (AvgIpc) is 2.03. The van der Waals surface area contributed by atoms with Crippen molar-refractivity contribution in [3.8, 4) is 0 Å². The third kappa shape index (κ3) is 5.48. The molecule has 2 atom stereocenters. The van der Waals surface area contributed by atoms with Gasteiger partial charge < -0.3 is 10.1 Å². The Morgan fingerprint density at radius 2 is 2.09 bits per heavy atom. The Morgan fingerprint density at radius 1 is 1.45 bits per heavy atom. The van der Waals surface area contributed by atoms with E-state index in [1.807, 2.05) is 0 Å². The Labute approximate surface area is 74.3 Å². The van der Waals surface area contributed by atoms with Crippen LogP contribution in [0.2, 0.25) is 0 Å². The van der Waals surface area contributed by atoms with Crippen LogP contribution in [0, 0.1) is 5.92 Å². The Bertz CT molecular complexity index is 90.2. The minimum absolute atomic E-state index is 0.475. The number of rotatable bonds is 6. The first-order chi connectivity index (χ1) is 5.22. The largest absolute Gasteiger partial charge is 0.383 e. The standard InChI is InChI=1S/C8H18ClNO/c1-7(6-9)8(2)10-4-5-11-3/h7-8,10H,4-6H2,1-3H3. The molecule has 0 saturated carbocycles. The zero-order chi connectivity index (χ0) is 8.69. The summed E-state index contributed by atoms with van der Waals surface area (Å²) in [5.41, 5.74) is 0. The number of hydrogen-bond donors (Lipinski definition) is 1. The smallest absolute Gasteiger partial charge is 0.0587 e. The second-order valence-electron chi connectivity index (χ2n) is 2.87. The minimum Gasteiger partial charge on any atom is -0.383 e. The summed E-state index contributed by atoms with van der Waals surface area (Å²) in [6, 6.07) is 0.475. The first kappa shape index (κ1) is 11.2. The molecule has 0 radical (unpaired) electrons. The second-order valence-corrected chi connectivity index (χ2v) is 3.18. The van der Waals surface area contributed by atoms with Crippen LogP contribution in [0.5, 0.6) is 0 Å². The zero-order valence-electron chi connectivity index (χ0n) is 7.56. The normalized spacial score (nSPS) is 16.4. The molecule has 0 aliphatic heterocycles. The SMILES string of the molecule is COCCNC(C)C(C)CCl. The van der Waals surface area contributed by atoms with Gasteiger partial charge in [0.1, 0.15) is 0 Å². The van der Waals surface area contributed by atoms with Crippen LogP contribution in [-0.4, -0.2) is 32.2 Å². The summed E-state index contributed by atoms with van der Waals surface area (Å²) in [7, 11) is 1.71. The lowest BCUT2D eigenvalue weighted by molar-refractivity contribution is 0.193. The van der Waals surface area contributed by atoms with Crippen LogP contribution in [0.25, 0.3) is 0 Å². The number of halogens is 1. The lowest BCUT2D eigenvalue weighted by Crippen LogP contribution is -2.35. The maximum absolute atomic E-state index is 5.69. The van der Waals surface area contributed by atoms with Crippen molar-refractivity contribution in [2.75, 3.05) is 26.1 Å². The molecule has 0 heterocycles. The fourth-order valence-electron chi connectivity index (χ4n) is 0.723. The van der Waals surface area contributed by atoms with Gasteiger partial charge in [-0.15, -0.1) is 11.6 Å². The summed E-state index contributed by atoms with van der Waals surface area (Å²) in [4.78, 5) is 0. The molecule has 0 rings (SSSR count). The van der Waals surface area contributed by atoms with Crippen LogP contribution in [-0.2, 0) is 4.74 Å². The predicted molar refractivity (Wildman–Crippen MR) is 49.2 cm³/mol. The van der Waals surface area contributed by atoms with E-state index in [9.17, 15) is 0 Å². The Balaban J connectivity index is 3.28.